The Morgan fingerprint density at radius 2 is 1.25 bits per heavy atom. The van der Waals surface area contributed by atoms with Crippen molar-refractivity contribution in [3.63, 3.8) is 0 Å². The summed E-state index contributed by atoms with van der Waals surface area (Å²) >= 11 is 0. The average Bonchev–Trinajstić information content (AvgIpc) is 2.54. The van der Waals surface area contributed by atoms with E-state index in [1.54, 1.807) is 9.80 Å². The van der Waals surface area contributed by atoms with Crippen LogP contribution in [0.15, 0.2) is 0 Å². The molecule has 0 bridgehead atoms. The Hall–Kier alpha value is -2.28. The van der Waals surface area contributed by atoms with Crippen molar-refractivity contribution in [3.8, 4) is 0 Å². The molecule has 1 heterocycles. The number of hydrogen-bond donors (Lipinski definition) is 5. The lowest BCUT2D eigenvalue weighted by Crippen LogP contribution is -2.52. The number of nitrogens with zero attached hydrogens (tertiary/aromatic N) is 3. The third-order valence-electron chi connectivity index (χ3n) is 4.36. The van der Waals surface area contributed by atoms with E-state index >= 15 is 0 Å². The monoisotopic (exact) mass is 404 g/mol. The first kappa shape index (κ1) is 23.8. The standard InChI is InChI=1S/C16H28N4O8/c21-13(22)7-12-8-19(10-15(25)26)4-2-17-1-3-18(9-14(23)24)5-6-20(12)11-16(27)28/h12,17H,1-11H2,(H,21,22)(H,23,24)(H,25,26)(H,27,28). The topological polar surface area (TPSA) is 171 Å². The number of carbonyl (C=O) groups is 4. The summed E-state index contributed by atoms with van der Waals surface area (Å²) in [5.74, 6) is -4.33. The molecule has 1 fully saturated rings. The van der Waals surface area contributed by atoms with Crippen molar-refractivity contribution in [2.75, 3.05) is 65.4 Å². The second kappa shape index (κ2) is 12.2. The highest BCUT2D eigenvalue weighted by atomic mass is 16.4. The molecule has 0 aliphatic carbocycles. The highest BCUT2D eigenvalue weighted by molar-refractivity contribution is 5.71. The minimum Gasteiger partial charge on any atom is -0.481 e. The first-order chi connectivity index (χ1) is 13.2. The Labute approximate surface area is 162 Å². The van der Waals surface area contributed by atoms with Gasteiger partial charge in [-0.05, 0) is 0 Å². The Morgan fingerprint density at radius 1 is 0.714 bits per heavy atom. The van der Waals surface area contributed by atoms with E-state index in [1.165, 1.54) is 4.90 Å². The summed E-state index contributed by atoms with van der Waals surface area (Å²) < 4.78 is 0. The van der Waals surface area contributed by atoms with Crippen LogP contribution in [0.5, 0.6) is 0 Å². The molecule has 1 saturated heterocycles. The van der Waals surface area contributed by atoms with Crippen LogP contribution >= 0.6 is 0 Å². The van der Waals surface area contributed by atoms with E-state index in [0.717, 1.165) is 0 Å². The summed E-state index contributed by atoms with van der Waals surface area (Å²) in [6.45, 7) is 1.23. The van der Waals surface area contributed by atoms with Crippen molar-refractivity contribution in [2.24, 2.45) is 0 Å². The maximum Gasteiger partial charge on any atom is 0.317 e. The van der Waals surface area contributed by atoms with Gasteiger partial charge in [0, 0.05) is 51.9 Å². The van der Waals surface area contributed by atoms with Gasteiger partial charge < -0.3 is 25.7 Å². The predicted octanol–water partition coefficient (Wildman–Crippen LogP) is -2.41. The Bertz CT molecular complexity index is 559. The maximum absolute atomic E-state index is 11.3. The second-order valence-electron chi connectivity index (χ2n) is 6.66. The van der Waals surface area contributed by atoms with E-state index in [9.17, 15) is 29.4 Å². The van der Waals surface area contributed by atoms with Crippen molar-refractivity contribution in [1.82, 2.24) is 20.0 Å². The quantitative estimate of drug-likeness (QED) is 0.291. The van der Waals surface area contributed by atoms with Gasteiger partial charge in [-0.25, -0.2) is 0 Å². The lowest BCUT2D eigenvalue weighted by molar-refractivity contribution is -0.143. The largest absolute Gasteiger partial charge is 0.481 e. The minimum absolute atomic E-state index is 0.0759. The van der Waals surface area contributed by atoms with Crippen LogP contribution in [0, 0.1) is 0 Å². The third-order valence-corrected chi connectivity index (χ3v) is 4.36. The zero-order valence-corrected chi connectivity index (χ0v) is 15.6. The molecular formula is C16H28N4O8. The fourth-order valence-electron chi connectivity index (χ4n) is 3.13. The van der Waals surface area contributed by atoms with Crippen molar-refractivity contribution >= 4 is 23.9 Å². The number of hydrogen-bond acceptors (Lipinski definition) is 8. The Kier molecular flexibility index (Phi) is 10.4. The number of carboxylic acid groups (broad SMARTS) is 4. The van der Waals surface area contributed by atoms with Crippen LogP contribution in [-0.2, 0) is 19.2 Å². The highest BCUT2D eigenvalue weighted by Crippen LogP contribution is 2.09. The fraction of sp³-hybridized carbons (Fsp3) is 0.750. The Balaban J connectivity index is 3.03. The molecule has 12 nitrogen and oxygen atoms in total. The second-order valence-corrected chi connectivity index (χ2v) is 6.66. The first-order valence-electron chi connectivity index (χ1n) is 8.94. The van der Waals surface area contributed by atoms with Gasteiger partial charge in [0.25, 0.3) is 0 Å². The molecule has 0 aromatic heterocycles. The molecule has 1 aliphatic heterocycles. The smallest absolute Gasteiger partial charge is 0.317 e. The van der Waals surface area contributed by atoms with Crippen LogP contribution < -0.4 is 5.32 Å². The molecule has 0 amide bonds. The molecule has 12 heteroatoms. The van der Waals surface area contributed by atoms with Crippen LogP contribution in [-0.4, -0.2) is 130 Å². The van der Waals surface area contributed by atoms with Gasteiger partial charge in [-0.2, -0.15) is 0 Å². The maximum atomic E-state index is 11.3. The van der Waals surface area contributed by atoms with Crippen LogP contribution in [0.3, 0.4) is 0 Å². The SMILES string of the molecule is O=C(O)CC1CN(CC(=O)O)CCNCCN(CC(=O)O)CCN1CC(=O)O. The number of nitrogens with one attached hydrogen (secondary N) is 1. The first-order valence-corrected chi connectivity index (χ1v) is 8.94. The van der Waals surface area contributed by atoms with E-state index in [-0.39, 0.29) is 39.1 Å². The van der Waals surface area contributed by atoms with Gasteiger partial charge in [0.05, 0.1) is 26.1 Å². The van der Waals surface area contributed by atoms with E-state index < -0.39 is 36.5 Å². The summed E-state index contributed by atoms with van der Waals surface area (Å²) in [4.78, 5) is 49.5. The zero-order valence-electron chi connectivity index (χ0n) is 15.6. The van der Waals surface area contributed by atoms with Crippen molar-refractivity contribution in [2.45, 2.75) is 12.5 Å². The van der Waals surface area contributed by atoms with Gasteiger partial charge in [-0.15, -0.1) is 0 Å². The fourth-order valence-corrected chi connectivity index (χ4v) is 3.13. The van der Waals surface area contributed by atoms with Crippen molar-refractivity contribution in [1.29, 1.82) is 0 Å². The van der Waals surface area contributed by atoms with E-state index in [1.807, 2.05) is 0 Å². The van der Waals surface area contributed by atoms with E-state index in [2.05, 4.69) is 5.32 Å². The summed E-state index contributed by atoms with van der Waals surface area (Å²) in [6, 6.07) is -0.723. The molecule has 1 aliphatic rings. The predicted molar refractivity (Wildman–Crippen MR) is 96.3 cm³/mol. The summed E-state index contributed by atoms with van der Waals surface area (Å²) in [5, 5.41) is 39.7. The third kappa shape index (κ3) is 10.2. The Morgan fingerprint density at radius 3 is 1.79 bits per heavy atom. The minimum atomic E-state index is -1.14. The summed E-state index contributed by atoms with van der Waals surface area (Å²) in [7, 11) is 0. The molecule has 0 spiro atoms. The van der Waals surface area contributed by atoms with Crippen molar-refractivity contribution in [3.05, 3.63) is 0 Å². The van der Waals surface area contributed by atoms with Crippen molar-refractivity contribution < 1.29 is 39.6 Å². The number of carboxylic acids is 4. The van der Waals surface area contributed by atoms with Crippen LogP contribution in [0.25, 0.3) is 0 Å². The van der Waals surface area contributed by atoms with Gasteiger partial charge in [0.2, 0.25) is 0 Å². The molecule has 1 atom stereocenters. The summed E-state index contributed by atoms with van der Waals surface area (Å²) in [5.41, 5.74) is 0. The molecule has 0 aromatic carbocycles. The average molecular weight is 404 g/mol. The summed E-state index contributed by atoms with van der Waals surface area (Å²) in [6.07, 6.45) is -0.351. The molecule has 0 radical (unpaired) electrons. The molecule has 5 N–H and O–H groups in total. The lowest BCUT2D eigenvalue weighted by atomic mass is 10.1. The van der Waals surface area contributed by atoms with Crippen LogP contribution in [0.2, 0.25) is 0 Å². The molecule has 0 aromatic rings. The van der Waals surface area contributed by atoms with E-state index in [0.29, 0.717) is 26.2 Å². The van der Waals surface area contributed by atoms with Crippen LogP contribution in [0.1, 0.15) is 6.42 Å². The lowest BCUT2D eigenvalue weighted by Gasteiger charge is -2.35. The van der Waals surface area contributed by atoms with Crippen LogP contribution in [0.4, 0.5) is 0 Å². The van der Waals surface area contributed by atoms with Gasteiger partial charge >= 0.3 is 23.9 Å². The van der Waals surface area contributed by atoms with Gasteiger partial charge in [-0.3, -0.25) is 33.9 Å². The van der Waals surface area contributed by atoms with E-state index in [4.69, 9.17) is 10.2 Å². The zero-order chi connectivity index (χ0) is 21.1. The molecule has 160 valence electrons. The molecular weight excluding hydrogens is 376 g/mol. The number of rotatable bonds is 8. The van der Waals surface area contributed by atoms with Gasteiger partial charge in [0.1, 0.15) is 0 Å². The molecule has 1 rings (SSSR count). The van der Waals surface area contributed by atoms with Gasteiger partial charge in [-0.1, -0.05) is 0 Å². The number of aliphatic carboxylic acids is 4. The molecule has 28 heavy (non-hydrogen) atoms. The highest BCUT2D eigenvalue weighted by Gasteiger charge is 2.27. The molecule has 0 saturated carbocycles. The van der Waals surface area contributed by atoms with Gasteiger partial charge in [0.15, 0.2) is 0 Å². The normalized spacial score (nSPS) is 21.4. The molecule has 1 unspecified atom stereocenters.